The summed E-state index contributed by atoms with van der Waals surface area (Å²) in [6.07, 6.45) is 7.51. The number of rotatable bonds is 11. The molecule has 8 nitrogen and oxygen atoms in total. The van der Waals surface area contributed by atoms with E-state index < -0.39 is 24.2 Å². The number of hydrogen-bond donors (Lipinski definition) is 3. The van der Waals surface area contributed by atoms with E-state index in [4.69, 9.17) is 9.15 Å². The summed E-state index contributed by atoms with van der Waals surface area (Å²) in [4.78, 5) is 28.2. The van der Waals surface area contributed by atoms with Crippen molar-refractivity contribution in [1.82, 2.24) is 10.2 Å². The average molecular weight is 481 g/mol. The molecule has 0 saturated heterocycles. The lowest BCUT2D eigenvalue weighted by Crippen LogP contribution is -2.55. The number of para-hydroxylation sites is 1. The van der Waals surface area contributed by atoms with Gasteiger partial charge in [0, 0.05) is 36.2 Å². The summed E-state index contributed by atoms with van der Waals surface area (Å²) in [5.41, 5.74) is 2.02. The molecule has 1 aromatic heterocycles. The third kappa shape index (κ3) is 5.33. The monoisotopic (exact) mass is 480 g/mol. The number of carbonyl (C=O) groups excluding carboxylic acids is 2. The van der Waals surface area contributed by atoms with Gasteiger partial charge in [0.2, 0.25) is 11.8 Å². The summed E-state index contributed by atoms with van der Waals surface area (Å²) in [5.74, 6) is -0.345. The highest BCUT2D eigenvalue weighted by molar-refractivity contribution is 5.96. The van der Waals surface area contributed by atoms with E-state index >= 15 is 0 Å². The molecule has 1 aliphatic carbocycles. The molecule has 0 radical (unpaired) electrons. The minimum Gasteiger partial charge on any atom is -0.486 e. The number of allylic oxidation sites excluding steroid dienone is 1. The first-order chi connectivity index (χ1) is 17.0. The van der Waals surface area contributed by atoms with Crippen molar-refractivity contribution in [3.8, 4) is 5.75 Å². The molecule has 35 heavy (non-hydrogen) atoms. The maximum absolute atomic E-state index is 13.4. The molecular weight excluding hydrogens is 448 g/mol. The van der Waals surface area contributed by atoms with Crippen LogP contribution in [0.2, 0.25) is 0 Å². The van der Waals surface area contributed by atoms with Gasteiger partial charge in [0.25, 0.3) is 0 Å². The first kappa shape index (κ1) is 24.8. The van der Waals surface area contributed by atoms with Crippen molar-refractivity contribution in [3.63, 3.8) is 0 Å². The predicted molar refractivity (Wildman–Crippen MR) is 129 cm³/mol. The number of nitrogens with zero attached hydrogens (tertiary/aromatic N) is 1. The molecule has 2 aromatic rings. The molecular formula is C27H32N2O6. The van der Waals surface area contributed by atoms with Crippen LogP contribution in [0.4, 0.5) is 0 Å². The van der Waals surface area contributed by atoms with Crippen LogP contribution in [0.5, 0.6) is 5.75 Å². The van der Waals surface area contributed by atoms with Gasteiger partial charge >= 0.3 is 0 Å². The highest BCUT2D eigenvalue weighted by Crippen LogP contribution is 2.47. The van der Waals surface area contributed by atoms with E-state index in [0.29, 0.717) is 24.2 Å². The molecule has 1 aliphatic heterocycles. The molecule has 0 saturated carbocycles. The van der Waals surface area contributed by atoms with Crippen molar-refractivity contribution in [3.05, 3.63) is 78.3 Å². The van der Waals surface area contributed by atoms with Crippen LogP contribution in [0.1, 0.15) is 42.7 Å². The van der Waals surface area contributed by atoms with Crippen LogP contribution in [0, 0.1) is 0 Å². The second-order valence-corrected chi connectivity index (χ2v) is 8.87. The molecule has 4 unspecified atom stereocenters. The summed E-state index contributed by atoms with van der Waals surface area (Å²) >= 11 is 0. The van der Waals surface area contributed by atoms with Gasteiger partial charge in [-0.3, -0.25) is 9.59 Å². The van der Waals surface area contributed by atoms with Gasteiger partial charge in [0.15, 0.2) is 0 Å². The fourth-order valence-electron chi connectivity index (χ4n) is 4.84. The smallest absolute Gasteiger partial charge is 0.247 e. The Morgan fingerprint density at radius 2 is 2.03 bits per heavy atom. The average Bonchev–Trinajstić information content (AvgIpc) is 3.52. The Hall–Kier alpha value is -3.36. The molecule has 0 spiro atoms. The van der Waals surface area contributed by atoms with Gasteiger partial charge in [-0.05, 0) is 37.5 Å². The Morgan fingerprint density at radius 3 is 2.77 bits per heavy atom. The second kappa shape index (κ2) is 11.4. The molecule has 0 fully saturated rings. The summed E-state index contributed by atoms with van der Waals surface area (Å²) in [7, 11) is 0. The molecule has 2 aliphatic rings. The largest absolute Gasteiger partial charge is 0.486 e. The Balaban J connectivity index is 1.69. The summed E-state index contributed by atoms with van der Waals surface area (Å²) < 4.78 is 11.3. The number of aliphatic hydroxyl groups excluding tert-OH is 2. The Labute approximate surface area is 204 Å². The Morgan fingerprint density at radius 1 is 1.20 bits per heavy atom. The van der Waals surface area contributed by atoms with Gasteiger partial charge in [-0.1, -0.05) is 24.3 Å². The normalized spacial score (nSPS) is 22.4. The van der Waals surface area contributed by atoms with Crippen LogP contribution >= 0.6 is 0 Å². The number of aliphatic hydroxyl groups is 2. The van der Waals surface area contributed by atoms with E-state index in [2.05, 4.69) is 11.9 Å². The molecule has 4 atom stereocenters. The zero-order valence-corrected chi connectivity index (χ0v) is 19.6. The lowest BCUT2D eigenvalue weighted by atomic mass is 9.77. The van der Waals surface area contributed by atoms with Crippen molar-refractivity contribution in [2.75, 3.05) is 13.2 Å². The van der Waals surface area contributed by atoms with Gasteiger partial charge < -0.3 is 29.6 Å². The lowest BCUT2D eigenvalue weighted by Gasteiger charge is -2.40. The molecule has 1 aromatic carbocycles. The molecule has 4 rings (SSSR count). The molecule has 186 valence electrons. The molecule has 3 N–H and O–H groups in total. The summed E-state index contributed by atoms with van der Waals surface area (Å²) in [6, 6.07) is 8.40. The van der Waals surface area contributed by atoms with Crippen molar-refractivity contribution in [1.29, 1.82) is 0 Å². The summed E-state index contributed by atoms with van der Waals surface area (Å²) in [5, 5.41) is 23.4. The van der Waals surface area contributed by atoms with Crippen LogP contribution in [-0.4, -0.2) is 58.3 Å². The fraction of sp³-hybridized carbons (Fsp3) is 0.407. The molecule has 0 bridgehead atoms. The minimum atomic E-state index is -1.05. The van der Waals surface area contributed by atoms with Crippen molar-refractivity contribution in [2.24, 2.45) is 0 Å². The number of carbonyl (C=O) groups is 2. The third-order valence-electron chi connectivity index (χ3n) is 6.54. The minimum absolute atomic E-state index is 0.101. The highest BCUT2D eigenvalue weighted by atomic mass is 16.5. The van der Waals surface area contributed by atoms with Crippen molar-refractivity contribution < 1.29 is 29.0 Å². The Bertz CT molecular complexity index is 1060. The van der Waals surface area contributed by atoms with Crippen LogP contribution in [-0.2, 0) is 16.1 Å². The number of amides is 2. The maximum atomic E-state index is 13.4. The third-order valence-corrected chi connectivity index (χ3v) is 6.54. The van der Waals surface area contributed by atoms with E-state index in [1.165, 1.54) is 6.26 Å². The first-order valence-corrected chi connectivity index (χ1v) is 12.0. The van der Waals surface area contributed by atoms with E-state index in [1.54, 1.807) is 23.3 Å². The predicted octanol–water partition coefficient (Wildman–Crippen LogP) is 2.68. The number of nitrogens with one attached hydrogen (secondary N) is 1. The van der Waals surface area contributed by atoms with Crippen LogP contribution in [0.15, 0.2) is 71.6 Å². The van der Waals surface area contributed by atoms with Gasteiger partial charge in [-0.15, -0.1) is 6.58 Å². The van der Waals surface area contributed by atoms with Gasteiger partial charge in [-0.2, -0.15) is 0 Å². The number of furan rings is 1. The quantitative estimate of drug-likeness (QED) is 0.337. The Kier molecular flexibility index (Phi) is 8.05. The maximum Gasteiger partial charge on any atom is 0.247 e. The fourth-order valence-corrected chi connectivity index (χ4v) is 4.84. The van der Waals surface area contributed by atoms with Gasteiger partial charge in [0.05, 0.1) is 31.1 Å². The van der Waals surface area contributed by atoms with Gasteiger partial charge in [0.1, 0.15) is 18.0 Å². The second-order valence-electron chi connectivity index (χ2n) is 8.87. The number of ether oxygens (including phenoxy) is 1. The molecule has 2 amide bonds. The van der Waals surface area contributed by atoms with Crippen LogP contribution in [0.25, 0.3) is 0 Å². The van der Waals surface area contributed by atoms with Crippen molar-refractivity contribution >= 4 is 11.8 Å². The number of unbranched alkanes of at least 4 members (excludes halogenated alkanes) is 2. The van der Waals surface area contributed by atoms with E-state index in [1.807, 2.05) is 30.3 Å². The number of hydrogen-bond acceptors (Lipinski definition) is 6. The lowest BCUT2D eigenvalue weighted by molar-refractivity contribution is -0.138. The zero-order chi connectivity index (χ0) is 24.8. The van der Waals surface area contributed by atoms with Crippen LogP contribution < -0.4 is 10.1 Å². The van der Waals surface area contributed by atoms with E-state index in [9.17, 15) is 19.8 Å². The van der Waals surface area contributed by atoms with E-state index in [0.717, 1.165) is 24.0 Å². The highest BCUT2D eigenvalue weighted by Gasteiger charge is 2.50. The van der Waals surface area contributed by atoms with Crippen molar-refractivity contribution in [2.45, 2.75) is 56.4 Å². The number of benzene rings is 1. The zero-order valence-electron chi connectivity index (χ0n) is 19.6. The van der Waals surface area contributed by atoms with Gasteiger partial charge in [-0.25, -0.2) is 0 Å². The number of fused-ring (bicyclic) bond motifs is 3. The molecule has 2 heterocycles. The standard InChI is InChI=1S/C27H32N2O6/c1-2-3-4-5-10-23(31)29(16-18-11-14-34-17-18)21-15-20(27(33)28-12-13-30)24-19-8-6-7-9-22(19)35-26(24)25(21)32/h2,6-9,11,14-15,17,21,24-26,30,32H,1,3-5,10,12-13,16H2,(H,28,33). The molecule has 8 heteroatoms. The van der Waals surface area contributed by atoms with Crippen LogP contribution in [0.3, 0.4) is 0 Å². The first-order valence-electron chi connectivity index (χ1n) is 12.0. The topological polar surface area (TPSA) is 112 Å². The summed E-state index contributed by atoms with van der Waals surface area (Å²) in [6.45, 7) is 3.86. The van der Waals surface area contributed by atoms with E-state index in [-0.39, 0.29) is 31.5 Å². The SMILES string of the molecule is C=CCCCCC(=O)N(Cc1ccoc1)C1C=C(C(=O)NCCO)C2c3ccccc3OC2C1O.